The van der Waals surface area contributed by atoms with Crippen molar-refractivity contribution in [2.45, 2.75) is 12.8 Å². The smallest absolute Gasteiger partial charge is 0.159 e. The lowest BCUT2D eigenvalue weighted by atomic mass is 10.1. The van der Waals surface area contributed by atoms with Crippen LogP contribution in [-0.4, -0.2) is 18.1 Å². The highest BCUT2D eigenvalue weighted by atomic mass is 16.3. The summed E-state index contributed by atoms with van der Waals surface area (Å²) in [4.78, 5) is 0. The number of benzene rings is 2. The minimum absolute atomic E-state index is 0.952. The van der Waals surface area contributed by atoms with E-state index in [1.807, 2.05) is 12.1 Å². The van der Waals surface area contributed by atoms with E-state index >= 15 is 0 Å². The Hall–Kier alpha value is -2.00. The molecule has 3 heteroatoms. The van der Waals surface area contributed by atoms with Crippen molar-refractivity contribution in [1.82, 2.24) is 5.01 Å². The standard InChI is InChI=1S/C16H16N2O/c1-2-9-15-12(6-1)13-7-5-8-14(16(13)19-15)17-18-10-3-4-11-18/h1-2,5-9,17H,3-4,10-11H2. The molecule has 2 heterocycles. The summed E-state index contributed by atoms with van der Waals surface area (Å²) in [6, 6.07) is 14.5. The van der Waals surface area contributed by atoms with Crippen molar-refractivity contribution < 1.29 is 4.42 Å². The summed E-state index contributed by atoms with van der Waals surface area (Å²) in [6.07, 6.45) is 2.53. The Balaban J connectivity index is 1.86. The van der Waals surface area contributed by atoms with Gasteiger partial charge >= 0.3 is 0 Å². The van der Waals surface area contributed by atoms with Crippen LogP contribution in [-0.2, 0) is 0 Å². The SMILES string of the molecule is c1ccc2c(c1)oc1c(NN3CCCC3)cccc12. The molecular weight excluding hydrogens is 236 g/mol. The second kappa shape index (κ2) is 4.28. The highest BCUT2D eigenvalue weighted by Gasteiger charge is 2.15. The first kappa shape index (κ1) is 10.9. The van der Waals surface area contributed by atoms with Crippen molar-refractivity contribution in [3.05, 3.63) is 42.5 Å². The van der Waals surface area contributed by atoms with Crippen LogP contribution in [0.2, 0.25) is 0 Å². The number of anilines is 1. The molecular formula is C16H16N2O. The van der Waals surface area contributed by atoms with Gasteiger partial charge in [0.05, 0.1) is 5.69 Å². The van der Waals surface area contributed by atoms with Crippen molar-refractivity contribution in [3.63, 3.8) is 0 Å². The molecule has 0 amide bonds. The van der Waals surface area contributed by atoms with E-state index in [9.17, 15) is 0 Å². The molecule has 1 fully saturated rings. The van der Waals surface area contributed by atoms with Crippen molar-refractivity contribution >= 4 is 27.6 Å². The van der Waals surface area contributed by atoms with Gasteiger partial charge in [0.25, 0.3) is 0 Å². The van der Waals surface area contributed by atoms with Gasteiger partial charge in [-0.05, 0) is 25.0 Å². The third-order valence-electron chi connectivity index (χ3n) is 3.79. The molecule has 0 unspecified atom stereocenters. The lowest BCUT2D eigenvalue weighted by Gasteiger charge is -2.17. The molecule has 1 aromatic heterocycles. The van der Waals surface area contributed by atoms with E-state index in [-0.39, 0.29) is 0 Å². The zero-order chi connectivity index (χ0) is 12.7. The van der Waals surface area contributed by atoms with Gasteiger partial charge < -0.3 is 9.84 Å². The van der Waals surface area contributed by atoms with Crippen LogP contribution in [0.25, 0.3) is 21.9 Å². The maximum atomic E-state index is 6.00. The fraction of sp³-hybridized carbons (Fsp3) is 0.250. The Morgan fingerprint density at radius 3 is 2.58 bits per heavy atom. The number of rotatable bonds is 2. The Kier molecular flexibility index (Phi) is 2.45. The van der Waals surface area contributed by atoms with E-state index in [0.29, 0.717) is 0 Å². The van der Waals surface area contributed by atoms with Crippen LogP contribution >= 0.6 is 0 Å². The molecule has 1 N–H and O–H groups in total. The highest BCUT2D eigenvalue weighted by molar-refractivity contribution is 6.08. The Morgan fingerprint density at radius 2 is 1.68 bits per heavy atom. The Morgan fingerprint density at radius 1 is 0.895 bits per heavy atom. The first-order valence-electron chi connectivity index (χ1n) is 6.84. The third-order valence-corrected chi connectivity index (χ3v) is 3.79. The number of hydrazine groups is 1. The number of hydrogen-bond donors (Lipinski definition) is 1. The first-order chi connectivity index (χ1) is 9.42. The van der Waals surface area contributed by atoms with Crippen molar-refractivity contribution in [1.29, 1.82) is 0 Å². The van der Waals surface area contributed by atoms with E-state index < -0.39 is 0 Å². The highest BCUT2D eigenvalue weighted by Crippen LogP contribution is 2.33. The van der Waals surface area contributed by atoms with Gasteiger partial charge in [-0.2, -0.15) is 0 Å². The van der Waals surface area contributed by atoms with Crippen molar-refractivity contribution in [2.24, 2.45) is 0 Å². The van der Waals surface area contributed by atoms with Crippen LogP contribution in [0.3, 0.4) is 0 Å². The molecule has 3 aromatic rings. The summed E-state index contributed by atoms with van der Waals surface area (Å²) in [5.74, 6) is 0. The summed E-state index contributed by atoms with van der Waals surface area (Å²) >= 11 is 0. The topological polar surface area (TPSA) is 28.4 Å². The summed E-state index contributed by atoms with van der Waals surface area (Å²) in [6.45, 7) is 2.22. The summed E-state index contributed by atoms with van der Waals surface area (Å²) in [7, 11) is 0. The average Bonchev–Trinajstić information content (AvgIpc) is 3.06. The number of nitrogens with one attached hydrogen (secondary N) is 1. The van der Waals surface area contributed by atoms with Gasteiger partial charge in [-0.25, -0.2) is 5.01 Å². The largest absolute Gasteiger partial charge is 0.454 e. The summed E-state index contributed by atoms with van der Waals surface area (Å²) in [5.41, 5.74) is 6.46. The maximum Gasteiger partial charge on any atom is 0.159 e. The summed E-state index contributed by atoms with van der Waals surface area (Å²) in [5, 5.41) is 4.63. The zero-order valence-electron chi connectivity index (χ0n) is 10.7. The molecule has 0 radical (unpaired) electrons. The van der Waals surface area contributed by atoms with Crippen LogP contribution in [0.4, 0.5) is 5.69 Å². The van der Waals surface area contributed by atoms with Gasteiger partial charge in [0.2, 0.25) is 0 Å². The molecule has 19 heavy (non-hydrogen) atoms. The monoisotopic (exact) mass is 252 g/mol. The Bertz CT molecular complexity index is 726. The number of fused-ring (bicyclic) bond motifs is 3. The maximum absolute atomic E-state index is 6.00. The van der Waals surface area contributed by atoms with Gasteiger partial charge in [0, 0.05) is 23.9 Å². The second-order valence-corrected chi connectivity index (χ2v) is 5.09. The van der Waals surface area contributed by atoms with Crippen LogP contribution in [0, 0.1) is 0 Å². The molecule has 1 aliphatic heterocycles. The van der Waals surface area contributed by atoms with Crippen LogP contribution in [0.5, 0.6) is 0 Å². The third kappa shape index (κ3) is 1.78. The van der Waals surface area contributed by atoms with E-state index in [1.165, 1.54) is 23.6 Å². The normalized spacial score (nSPS) is 16.4. The van der Waals surface area contributed by atoms with Crippen LogP contribution in [0.15, 0.2) is 46.9 Å². The van der Waals surface area contributed by atoms with E-state index in [4.69, 9.17) is 4.42 Å². The molecule has 1 aliphatic rings. The van der Waals surface area contributed by atoms with E-state index in [1.54, 1.807) is 0 Å². The fourth-order valence-corrected chi connectivity index (χ4v) is 2.83. The number of nitrogens with zero attached hydrogens (tertiary/aromatic N) is 1. The quantitative estimate of drug-likeness (QED) is 0.747. The number of furan rings is 1. The second-order valence-electron chi connectivity index (χ2n) is 5.09. The average molecular weight is 252 g/mol. The molecule has 1 saturated heterocycles. The molecule has 0 atom stereocenters. The number of hydrogen-bond acceptors (Lipinski definition) is 3. The minimum Gasteiger partial charge on any atom is -0.454 e. The molecule has 0 spiro atoms. The molecule has 0 saturated carbocycles. The predicted molar refractivity (Wildman–Crippen MR) is 78.1 cm³/mol. The molecule has 0 bridgehead atoms. The predicted octanol–water partition coefficient (Wildman–Crippen LogP) is 4.01. The molecule has 3 nitrogen and oxygen atoms in total. The molecule has 4 rings (SSSR count). The minimum atomic E-state index is 0.952. The summed E-state index contributed by atoms with van der Waals surface area (Å²) < 4.78 is 6.00. The lowest BCUT2D eigenvalue weighted by molar-refractivity contribution is 0.410. The molecule has 96 valence electrons. The van der Waals surface area contributed by atoms with Gasteiger partial charge in [-0.15, -0.1) is 0 Å². The molecule has 0 aliphatic carbocycles. The van der Waals surface area contributed by atoms with Gasteiger partial charge in [0.1, 0.15) is 5.58 Å². The van der Waals surface area contributed by atoms with Gasteiger partial charge in [-0.3, -0.25) is 0 Å². The number of para-hydroxylation sites is 2. The first-order valence-corrected chi connectivity index (χ1v) is 6.84. The molecule has 2 aromatic carbocycles. The van der Waals surface area contributed by atoms with Gasteiger partial charge in [0.15, 0.2) is 5.58 Å². The van der Waals surface area contributed by atoms with E-state index in [0.717, 1.165) is 29.9 Å². The van der Waals surface area contributed by atoms with Crippen LogP contribution in [0.1, 0.15) is 12.8 Å². The van der Waals surface area contributed by atoms with Crippen molar-refractivity contribution in [2.75, 3.05) is 18.5 Å². The van der Waals surface area contributed by atoms with Gasteiger partial charge in [-0.1, -0.05) is 30.3 Å². The Labute approximate surface area is 111 Å². The lowest BCUT2D eigenvalue weighted by Crippen LogP contribution is -2.26. The fourth-order valence-electron chi connectivity index (χ4n) is 2.83. The zero-order valence-corrected chi connectivity index (χ0v) is 10.7. The van der Waals surface area contributed by atoms with E-state index in [2.05, 4.69) is 40.8 Å². The van der Waals surface area contributed by atoms with Crippen molar-refractivity contribution in [3.8, 4) is 0 Å². The van der Waals surface area contributed by atoms with Crippen LogP contribution < -0.4 is 5.43 Å².